The molecule has 0 saturated carbocycles. The number of H-pyrrole nitrogens is 2. The first-order valence-corrected chi connectivity index (χ1v) is 19.9. The molecule has 0 unspecified atom stereocenters. The summed E-state index contributed by atoms with van der Waals surface area (Å²) >= 11 is 0. The Kier molecular flexibility index (Phi) is 15.1. The molecule has 0 bridgehead atoms. The fraction of sp³-hybridized carbons (Fsp3) is 0.442. The number of nitrogens with zero attached hydrogens (tertiary/aromatic N) is 4. The van der Waals surface area contributed by atoms with Crippen molar-refractivity contribution in [2.45, 2.75) is 83.1 Å². The number of aromatic nitrogens is 4. The number of carbonyl (C=O) groups is 4. The van der Waals surface area contributed by atoms with Crippen LogP contribution in [0, 0.1) is 5.92 Å². The highest BCUT2D eigenvalue weighted by molar-refractivity contribution is 5.92. The molecule has 4 amide bonds. The van der Waals surface area contributed by atoms with Crippen LogP contribution in [0.25, 0.3) is 44.2 Å². The fourth-order valence-electron chi connectivity index (χ4n) is 8.17. The number of rotatable bonds is 12. The van der Waals surface area contributed by atoms with E-state index in [0.29, 0.717) is 18.9 Å². The minimum absolute atomic E-state index is 0. The van der Waals surface area contributed by atoms with Gasteiger partial charge in [-0.2, -0.15) is 0 Å². The summed E-state index contributed by atoms with van der Waals surface area (Å²) < 4.78 is 15.0. The van der Waals surface area contributed by atoms with Gasteiger partial charge in [-0.3, -0.25) is 9.59 Å². The van der Waals surface area contributed by atoms with Gasteiger partial charge in [-0.15, -0.1) is 24.8 Å². The molecule has 2 fully saturated rings. The number of imidazole rings is 2. The summed E-state index contributed by atoms with van der Waals surface area (Å²) in [5.74, 6) is 0.991. The quantitative estimate of drug-likeness (QED) is 0.0988. The molecule has 4 heterocycles. The standard InChI is InChI=1S/C43H52N8O7.2ClH/c1-7-24(2)36(48-42(54)57-5)40(52)51-19-9-11-35(51)39-45-31-17-16-29(22-32(31)46-39)27-12-13-28-21-30(15-14-26(28)20-27)33-23-44-38(47-33)34-10-8-18-50(34)41(53)37(25(3)56-4)49-43(55)58-6;;/h12-17,20-25,34-37H,7-11,18-19H2,1-6H3,(H,44,47)(H,45,46)(H,48,54)(H,49,55);2*1H/t24-,25+,34-,35-,36-,37-;;/m0../s1. The van der Waals surface area contributed by atoms with Gasteiger partial charge in [0, 0.05) is 25.8 Å². The summed E-state index contributed by atoms with van der Waals surface area (Å²) in [4.78, 5) is 71.8. The van der Waals surface area contributed by atoms with E-state index in [1.165, 1.54) is 21.3 Å². The maximum Gasteiger partial charge on any atom is 0.407 e. The lowest BCUT2D eigenvalue weighted by atomic mass is 9.97. The lowest BCUT2D eigenvalue weighted by Crippen LogP contribution is -2.54. The number of carbonyl (C=O) groups excluding carboxylic acids is 4. The van der Waals surface area contributed by atoms with Crippen LogP contribution in [0.4, 0.5) is 9.59 Å². The number of fused-ring (bicyclic) bond motifs is 2. The van der Waals surface area contributed by atoms with E-state index >= 15 is 0 Å². The molecule has 17 heteroatoms. The van der Waals surface area contributed by atoms with Crippen molar-refractivity contribution in [2.24, 2.45) is 5.92 Å². The molecule has 0 aliphatic carbocycles. The zero-order valence-electron chi connectivity index (χ0n) is 34.7. The second-order valence-corrected chi connectivity index (χ2v) is 15.2. The Labute approximate surface area is 361 Å². The van der Waals surface area contributed by atoms with Crippen molar-refractivity contribution < 1.29 is 33.4 Å². The molecule has 60 heavy (non-hydrogen) atoms. The van der Waals surface area contributed by atoms with Gasteiger partial charge in [0.2, 0.25) is 11.8 Å². The van der Waals surface area contributed by atoms with Crippen molar-refractivity contribution in [3.63, 3.8) is 0 Å². The Morgan fingerprint density at radius 3 is 1.92 bits per heavy atom. The van der Waals surface area contributed by atoms with Crippen molar-refractivity contribution in [1.82, 2.24) is 40.4 Å². The van der Waals surface area contributed by atoms with Crippen molar-refractivity contribution in [1.29, 1.82) is 0 Å². The Morgan fingerprint density at radius 1 is 0.750 bits per heavy atom. The Bertz CT molecular complexity index is 2320. The van der Waals surface area contributed by atoms with Gasteiger partial charge in [0.15, 0.2) is 0 Å². The van der Waals surface area contributed by atoms with Gasteiger partial charge in [0.05, 0.1) is 55.3 Å². The highest BCUT2D eigenvalue weighted by atomic mass is 35.5. The number of halogens is 2. The number of benzene rings is 3. The lowest BCUT2D eigenvalue weighted by Gasteiger charge is -2.30. The van der Waals surface area contributed by atoms with E-state index in [1.807, 2.05) is 24.8 Å². The van der Waals surface area contributed by atoms with Crippen LogP contribution < -0.4 is 10.6 Å². The van der Waals surface area contributed by atoms with Crippen LogP contribution in [-0.4, -0.2) is 106 Å². The molecular weight excluding hydrogens is 811 g/mol. The van der Waals surface area contributed by atoms with Crippen LogP contribution in [0.3, 0.4) is 0 Å². The second-order valence-electron chi connectivity index (χ2n) is 15.2. The Hall–Kier alpha value is -5.38. The number of ether oxygens (including phenoxy) is 3. The normalized spacial score (nSPS) is 18.2. The highest BCUT2D eigenvalue weighted by Crippen LogP contribution is 2.36. The van der Waals surface area contributed by atoms with E-state index in [2.05, 4.69) is 69.1 Å². The minimum Gasteiger partial charge on any atom is -0.453 e. The molecule has 3 aromatic carbocycles. The smallest absolute Gasteiger partial charge is 0.407 e. The number of alkyl carbamates (subject to hydrolysis) is 2. The molecule has 6 atom stereocenters. The summed E-state index contributed by atoms with van der Waals surface area (Å²) in [7, 11) is 4.06. The second kappa shape index (κ2) is 19.8. The Morgan fingerprint density at radius 2 is 1.30 bits per heavy atom. The number of aromatic amines is 2. The van der Waals surface area contributed by atoms with Crippen LogP contribution >= 0.6 is 24.8 Å². The number of hydrogen-bond acceptors (Lipinski definition) is 9. The summed E-state index contributed by atoms with van der Waals surface area (Å²) in [5.41, 5.74) is 5.60. The topological polar surface area (TPSA) is 184 Å². The van der Waals surface area contributed by atoms with E-state index in [-0.39, 0.29) is 54.6 Å². The third kappa shape index (κ3) is 9.33. The molecule has 4 N–H and O–H groups in total. The largest absolute Gasteiger partial charge is 0.453 e. The Balaban J connectivity index is 0.00000341. The highest BCUT2D eigenvalue weighted by Gasteiger charge is 2.40. The van der Waals surface area contributed by atoms with Crippen LogP contribution in [-0.2, 0) is 23.8 Å². The fourth-order valence-corrected chi connectivity index (χ4v) is 8.17. The van der Waals surface area contributed by atoms with E-state index in [9.17, 15) is 19.2 Å². The first-order valence-electron chi connectivity index (χ1n) is 19.9. The van der Waals surface area contributed by atoms with Crippen molar-refractivity contribution in [2.75, 3.05) is 34.4 Å². The average Bonchev–Trinajstić information content (AvgIpc) is 4.09. The minimum atomic E-state index is -0.900. The first-order chi connectivity index (χ1) is 28.0. The van der Waals surface area contributed by atoms with Gasteiger partial charge >= 0.3 is 12.2 Å². The van der Waals surface area contributed by atoms with E-state index < -0.39 is 30.4 Å². The van der Waals surface area contributed by atoms with Crippen LogP contribution in [0.15, 0.2) is 60.8 Å². The van der Waals surface area contributed by atoms with E-state index in [4.69, 9.17) is 24.2 Å². The molecule has 2 aromatic heterocycles. The number of nitrogens with one attached hydrogen (secondary N) is 4. The molecule has 2 aliphatic heterocycles. The van der Waals surface area contributed by atoms with Crippen LogP contribution in [0.2, 0.25) is 0 Å². The van der Waals surface area contributed by atoms with Gasteiger partial charge in [-0.25, -0.2) is 19.6 Å². The predicted octanol–water partition coefficient (Wildman–Crippen LogP) is 7.47. The maximum absolute atomic E-state index is 13.8. The number of hydrogen-bond donors (Lipinski definition) is 4. The third-order valence-corrected chi connectivity index (χ3v) is 11.8. The molecule has 15 nitrogen and oxygen atoms in total. The van der Waals surface area contributed by atoms with E-state index in [1.54, 1.807) is 18.0 Å². The summed E-state index contributed by atoms with van der Waals surface area (Å²) in [6.45, 7) is 6.83. The van der Waals surface area contributed by atoms with Crippen LogP contribution in [0.1, 0.15) is 76.6 Å². The number of likely N-dealkylation sites (tertiary alicyclic amines) is 2. The van der Waals surface area contributed by atoms with Gasteiger partial charge in [0.25, 0.3) is 0 Å². The molecule has 7 rings (SSSR count). The predicted molar refractivity (Wildman–Crippen MR) is 233 cm³/mol. The molecule has 0 spiro atoms. The van der Waals surface area contributed by atoms with Crippen molar-refractivity contribution in [3.8, 4) is 22.4 Å². The molecule has 322 valence electrons. The average molecular weight is 866 g/mol. The molecule has 2 saturated heterocycles. The van der Waals surface area contributed by atoms with Gasteiger partial charge in [-0.1, -0.05) is 50.6 Å². The molecular formula is C43H54Cl2N8O7. The summed E-state index contributed by atoms with van der Waals surface area (Å²) in [5, 5.41) is 7.52. The monoisotopic (exact) mass is 864 g/mol. The maximum atomic E-state index is 13.8. The number of amides is 4. The molecule has 2 aliphatic rings. The lowest BCUT2D eigenvalue weighted by molar-refractivity contribution is -0.137. The van der Waals surface area contributed by atoms with E-state index in [0.717, 1.165) is 82.1 Å². The summed E-state index contributed by atoms with van der Waals surface area (Å²) in [6, 6.07) is 16.7. The van der Waals surface area contributed by atoms with Crippen molar-refractivity contribution in [3.05, 3.63) is 72.4 Å². The van der Waals surface area contributed by atoms with Gasteiger partial charge in [0.1, 0.15) is 23.7 Å². The first kappa shape index (κ1) is 45.7. The molecule has 0 radical (unpaired) electrons. The van der Waals surface area contributed by atoms with Crippen molar-refractivity contribution >= 4 is 70.6 Å². The number of methoxy groups -OCH3 is 3. The summed E-state index contributed by atoms with van der Waals surface area (Å²) in [6.07, 6.45) is 3.83. The van der Waals surface area contributed by atoms with Crippen LogP contribution in [0.5, 0.6) is 0 Å². The third-order valence-electron chi connectivity index (χ3n) is 11.8. The van der Waals surface area contributed by atoms with Gasteiger partial charge in [-0.05, 0) is 84.7 Å². The zero-order valence-corrected chi connectivity index (χ0v) is 36.3. The SMILES string of the molecule is CC[C@H](C)[C@H](NC(=O)OC)C(=O)N1CCC[C@H]1c1nc2ccc(-c3ccc4cc(-c5cnc([C@@H]6CCCN6C(=O)[C@@H](NC(=O)OC)[C@@H](C)OC)[nH]5)ccc4c3)cc2[nH]1.Cl.Cl. The van der Waals surface area contributed by atoms with Gasteiger partial charge < -0.3 is 44.6 Å². The molecule has 5 aromatic rings. The zero-order chi connectivity index (χ0) is 41.1.